The zero-order chi connectivity index (χ0) is 25.0. The maximum absolute atomic E-state index is 12.8. The van der Waals surface area contributed by atoms with Gasteiger partial charge in [0.15, 0.2) is 23.6 Å². The maximum Gasteiger partial charge on any atom is 0.303 e. The number of carbonyl (C=O) groups is 3. The monoisotopic (exact) mass is 476 g/mol. The van der Waals surface area contributed by atoms with Crippen molar-refractivity contribution in [1.82, 2.24) is 9.38 Å². The standard InChI is InChI=1S/C23H28N2O9/c1-6-8-16-11-24-21-17(9-7-10-25(21)22(16)29)34-23-20(33-15(5)28)19(32-14(4)27)18(12(2)30-23)31-13(3)26/h7,9-12,18-20,23H,6,8H2,1-5H3/t12?,18-,19?,20?,23+/m1/s1. The topological polar surface area (TPSA) is 132 Å². The summed E-state index contributed by atoms with van der Waals surface area (Å²) in [6.45, 7) is 7.13. The van der Waals surface area contributed by atoms with Gasteiger partial charge in [0, 0.05) is 38.7 Å². The highest BCUT2D eigenvalue weighted by Crippen LogP contribution is 2.31. The van der Waals surface area contributed by atoms with Crippen LogP contribution in [0.1, 0.15) is 46.6 Å². The molecule has 184 valence electrons. The molecule has 0 aromatic carbocycles. The molecule has 0 bridgehead atoms. The van der Waals surface area contributed by atoms with Crippen LogP contribution in [0, 0.1) is 0 Å². The number of pyridine rings is 1. The van der Waals surface area contributed by atoms with Crippen LogP contribution in [0.4, 0.5) is 0 Å². The molecule has 1 saturated heterocycles. The smallest absolute Gasteiger partial charge is 0.303 e. The average Bonchev–Trinajstić information content (AvgIpc) is 2.75. The lowest BCUT2D eigenvalue weighted by Gasteiger charge is -2.43. The molecule has 0 amide bonds. The summed E-state index contributed by atoms with van der Waals surface area (Å²) in [5.41, 5.74) is 0.576. The van der Waals surface area contributed by atoms with Crippen LogP contribution in [0.5, 0.6) is 5.75 Å². The Morgan fingerprint density at radius 2 is 1.65 bits per heavy atom. The van der Waals surface area contributed by atoms with E-state index in [0.29, 0.717) is 12.0 Å². The van der Waals surface area contributed by atoms with Crippen LogP contribution >= 0.6 is 0 Å². The van der Waals surface area contributed by atoms with E-state index in [9.17, 15) is 19.2 Å². The number of aromatic nitrogens is 2. The molecule has 11 nitrogen and oxygen atoms in total. The van der Waals surface area contributed by atoms with Gasteiger partial charge in [-0.1, -0.05) is 13.3 Å². The van der Waals surface area contributed by atoms with Crippen LogP contribution in [0.3, 0.4) is 0 Å². The predicted molar refractivity (Wildman–Crippen MR) is 117 cm³/mol. The van der Waals surface area contributed by atoms with Crippen LogP contribution in [0.15, 0.2) is 29.3 Å². The number of ether oxygens (including phenoxy) is 5. The molecule has 5 atom stereocenters. The Labute approximate surface area is 195 Å². The minimum atomic E-state index is -1.27. The van der Waals surface area contributed by atoms with Gasteiger partial charge < -0.3 is 23.7 Å². The summed E-state index contributed by atoms with van der Waals surface area (Å²) in [5, 5.41) is 0. The zero-order valence-electron chi connectivity index (χ0n) is 19.7. The average molecular weight is 476 g/mol. The molecule has 2 aromatic heterocycles. The molecule has 3 unspecified atom stereocenters. The molecule has 0 spiro atoms. The van der Waals surface area contributed by atoms with E-state index < -0.39 is 48.6 Å². The summed E-state index contributed by atoms with van der Waals surface area (Å²) < 4.78 is 29.3. The number of esters is 3. The third kappa shape index (κ3) is 5.53. The van der Waals surface area contributed by atoms with Gasteiger partial charge in [0.05, 0.1) is 6.10 Å². The molecule has 1 fully saturated rings. The summed E-state index contributed by atoms with van der Waals surface area (Å²) in [5.74, 6) is -1.80. The number of carbonyl (C=O) groups excluding carboxylic acids is 3. The molecule has 3 rings (SSSR count). The van der Waals surface area contributed by atoms with Crippen LogP contribution in [-0.2, 0) is 39.8 Å². The molecule has 0 aliphatic carbocycles. The van der Waals surface area contributed by atoms with E-state index >= 15 is 0 Å². The number of fused-ring (bicyclic) bond motifs is 1. The van der Waals surface area contributed by atoms with E-state index in [0.717, 1.165) is 6.42 Å². The second kappa shape index (κ2) is 10.6. The van der Waals surface area contributed by atoms with Crippen molar-refractivity contribution in [2.45, 2.75) is 78.2 Å². The first kappa shape index (κ1) is 25.2. The Kier molecular flexibility index (Phi) is 7.87. The van der Waals surface area contributed by atoms with Crippen molar-refractivity contribution in [2.75, 3.05) is 0 Å². The summed E-state index contributed by atoms with van der Waals surface area (Å²) in [6.07, 6.45) is -1.11. The maximum atomic E-state index is 12.8. The summed E-state index contributed by atoms with van der Waals surface area (Å²) in [7, 11) is 0. The lowest BCUT2D eigenvalue weighted by molar-refractivity contribution is -0.280. The van der Waals surface area contributed by atoms with Gasteiger partial charge in [0.1, 0.15) is 0 Å². The Hall–Kier alpha value is -3.47. The fraction of sp³-hybridized carbons (Fsp3) is 0.522. The first-order chi connectivity index (χ1) is 16.1. The highest BCUT2D eigenvalue weighted by molar-refractivity contribution is 5.68. The normalized spacial score (nSPS) is 24.3. The first-order valence-electron chi connectivity index (χ1n) is 10.9. The molecule has 2 aromatic rings. The van der Waals surface area contributed by atoms with Crippen LogP contribution in [-0.4, -0.2) is 58.0 Å². The number of nitrogens with zero attached hydrogens (tertiary/aromatic N) is 2. The summed E-state index contributed by atoms with van der Waals surface area (Å²) in [6, 6.07) is 3.19. The predicted octanol–water partition coefficient (Wildman–Crippen LogP) is 1.57. The third-order valence-electron chi connectivity index (χ3n) is 5.16. The highest BCUT2D eigenvalue weighted by Gasteiger charge is 2.51. The fourth-order valence-corrected chi connectivity index (χ4v) is 3.84. The largest absolute Gasteiger partial charge is 0.457 e. The minimum Gasteiger partial charge on any atom is -0.457 e. The van der Waals surface area contributed by atoms with Gasteiger partial charge in [-0.2, -0.15) is 0 Å². The Morgan fingerprint density at radius 1 is 1.03 bits per heavy atom. The van der Waals surface area contributed by atoms with Crippen molar-refractivity contribution in [3.05, 3.63) is 40.4 Å². The second-order valence-electron chi connectivity index (χ2n) is 7.95. The Bertz CT molecular complexity index is 1130. The minimum absolute atomic E-state index is 0.185. The van der Waals surface area contributed by atoms with E-state index in [1.165, 1.54) is 31.4 Å². The summed E-state index contributed by atoms with van der Waals surface area (Å²) >= 11 is 0. The van der Waals surface area contributed by atoms with Gasteiger partial charge in [-0.3, -0.25) is 23.6 Å². The molecule has 3 heterocycles. The molecule has 1 aliphatic heterocycles. The molecule has 0 saturated carbocycles. The zero-order valence-corrected chi connectivity index (χ0v) is 19.7. The van der Waals surface area contributed by atoms with E-state index in [2.05, 4.69) is 4.98 Å². The number of hydrogen-bond donors (Lipinski definition) is 0. The van der Waals surface area contributed by atoms with Crippen LogP contribution in [0.25, 0.3) is 5.65 Å². The molecule has 0 N–H and O–H groups in total. The van der Waals surface area contributed by atoms with Crippen LogP contribution in [0.2, 0.25) is 0 Å². The number of rotatable bonds is 7. The number of hydrogen-bond acceptors (Lipinski definition) is 10. The van der Waals surface area contributed by atoms with Gasteiger partial charge in [0.25, 0.3) is 5.56 Å². The first-order valence-corrected chi connectivity index (χ1v) is 10.9. The molecule has 34 heavy (non-hydrogen) atoms. The third-order valence-corrected chi connectivity index (χ3v) is 5.16. The van der Waals surface area contributed by atoms with E-state index in [-0.39, 0.29) is 17.0 Å². The van der Waals surface area contributed by atoms with Gasteiger partial charge in [0.2, 0.25) is 12.4 Å². The Balaban J connectivity index is 2.02. The van der Waals surface area contributed by atoms with Crippen molar-refractivity contribution < 1.29 is 38.1 Å². The van der Waals surface area contributed by atoms with Crippen molar-refractivity contribution in [1.29, 1.82) is 0 Å². The highest BCUT2D eigenvalue weighted by atomic mass is 16.7. The lowest BCUT2D eigenvalue weighted by atomic mass is 9.99. The SMILES string of the molecule is CCCc1cnc2c(O[C@@H]3OC(C)[C@@H](OC(C)=O)C(OC(C)=O)C3OC(C)=O)cccn2c1=O. The van der Waals surface area contributed by atoms with Gasteiger partial charge >= 0.3 is 17.9 Å². The number of aryl methyl sites for hydroxylation is 1. The van der Waals surface area contributed by atoms with Crippen molar-refractivity contribution in [3.63, 3.8) is 0 Å². The summed E-state index contributed by atoms with van der Waals surface area (Å²) in [4.78, 5) is 52.5. The molecule has 0 radical (unpaired) electrons. The molecule has 1 aliphatic rings. The van der Waals surface area contributed by atoms with Crippen molar-refractivity contribution in [2.24, 2.45) is 0 Å². The van der Waals surface area contributed by atoms with Crippen molar-refractivity contribution >= 4 is 23.6 Å². The van der Waals surface area contributed by atoms with E-state index in [4.69, 9.17) is 23.7 Å². The molecular formula is C23H28N2O9. The van der Waals surface area contributed by atoms with E-state index in [1.54, 1.807) is 25.3 Å². The second-order valence-corrected chi connectivity index (χ2v) is 7.95. The molecule has 11 heteroatoms. The Morgan fingerprint density at radius 3 is 2.26 bits per heavy atom. The van der Waals surface area contributed by atoms with E-state index in [1.807, 2.05) is 6.92 Å². The fourth-order valence-electron chi connectivity index (χ4n) is 3.84. The van der Waals surface area contributed by atoms with Gasteiger partial charge in [-0.15, -0.1) is 0 Å². The quantitative estimate of drug-likeness (QED) is 0.428. The molecular weight excluding hydrogens is 448 g/mol. The van der Waals surface area contributed by atoms with Crippen molar-refractivity contribution in [3.8, 4) is 5.75 Å². The van der Waals surface area contributed by atoms with Crippen LogP contribution < -0.4 is 10.3 Å². The van der Waals surface area contributed by atoms with Gasteiger partial charge in [-0.25, -0.2) is 4.98 Å². The van der Waals surface area contributed by atoms with Gasteiger partial charge in [-0.05, 0) is 25.5 Å². The lowest BCUT2D eigenvalue weighted by Crippen LogP contribution is -2.62.